The normalized spacial score (nSPS) is 10.2. The summed E-state index contributed by atoms with van der Waals surface area (Å²) in [5.41, 5.74) is 0.320. The number of nitrogens with zero attached hydrogens (tertiary/aromatic N) is 2. The van der Waals surface area contributed by atoms with Crippen molar-refractivity contribution in [3.8, 4) is 0 Å². The molecule has 6 heteroatoms. The van der Waals surface area contributed by atoms with Crippen molar-refractivity contribution >= 4 is 29.4 Å². The van der Waals surface area contributed by atoms with Gasteiger partial charge in [0, 0.05) is 0 Å². The number of aldehydes is 1. The molecule has 0 spiro atoms. The molecule has 2 rings (SSSR count). The Morgan fingerprint density at radius 2 is 2.06 bits per heavy atom. The largest absolute Gasteiger partial charge is 0.337 e. The molecule has 0 bridgehead atoms. The van der Waals surface area contributed by atoms with Gasteiger partial charge in [-0.1, -0.05) is 23.7 Å². The highest BCUT2D eigenvalue weighted by atomic mass is 35.5. The molecule has 4 nitrogen and oxygen atoms in total. The van der Waals surface area contributed by atoms with E-state index >= 15 is 0 Å². The number of nitrogens with one attached hydrogen (secondary N) is 1. The number of benzene rings is 1. The predicted octanol–water partition coefficient (Wildman–Crippen LogP) is 3.13. The summed E-state index contributed by atoms with van der Waals surface area (Å²) in [6, 6.07) is 6.08. The molecule has 0 aliphatic heterocycles. The van der Waals surface area contributed by atoms with Crippen LogP contribution in [0, 0.1) is 12.7 Å². The molecule has 1 aromatic carbocycles. The fraction of sp³-hybridized carbons (Fsp3) is 0.0833. The summed E-state index contributed by atoms with van der Waals surface area (Å²) < 4.78 is 13.5. The number of hydrogen-bond donors (Lipinski definition) is 1. The van der Waals surface area contributed by atoms with Crippen LogP contribution in [0.25, 0.3) is 0 Å². The molecular formula is C12H9ClFN3O. The molecule has 2 aromatic rings. The van der Waals surface area contributed by atoms with Gasteiger partial charge in [-0.2, -0.15) is 0 Å². The van der Waals surface area contributed by atoms with Gasteiger partial charge in [-0.05, 0) is 19.1 Å². The van der Waals surface area contributed by atoms with Crippen LogP contribution >= 0.6 is 11.6 Å². The highest BCUT2D eigenvalue weighted by Gasteiger charge is 2.12. The van der Waals surface area contributed by atoms with Crippen LogP contribution in [0.5, 0.6) is 0 Å². The number of aryl methyl sites for hydroxylation is 1. The van der Waals surface area contributed by atoms with E-state index in [2.05, 4.69) is 15.3 Å². The first kappa shape index (κ1) is 12.4. The Labute approximate surface area is 108 Å². The summed E-state index contributed by atoms with van der Waals surface area (Å²) in [5.74, 6) is 0.138. The van der Waals surface area contributed by atoms with Gasteiger partial charge in [0.25, 0.3) is 0 Å². The number of hydrogen-bond acceptors (Lipinski definition) is 4. The molecule has 0 amide bonds. The number of para-hydroxylation sites is 1. The molecule has 0 saturated heterocycles. The maximum atomic E-state index is 13.5. The van der Waals surface area contributed by atoms with E-state index in [9.17, 15) is 9.18 Å². The average molecular weight is 266 g/mol. The minimum Gasteiger partial charge on any atom is -0.337 e. The molecule has 0 fully saturated rings. The van der Waals surface area contributed by atoms with Gasteiger partial charge in [-0.3, -0.25) is 4.79 Å². The van der Waals surface area contributed by atoms with Crippen molar-refractivity contribution in [2.75, 3.05) is 5.32 Å². The second kappa shape index (κ2) is 5.10. The summed E-state index contributed by atoms with van der Waals surface area (Å²) in [6.07, 6.45) is 0.533. The van der Waals surface area contributed by atoms with Gasteiger partial charge in [0.2, 0.25) is 0 Å². The fourth-order valence-corrected chi connectivity index (χ4v) is 1.69. The molecular weight excluding hydrogens is 257 g/mol. The highest BCUT2D eigenvalue weighted by Crippen LogP contribution is 2.24. The van der Waals surface area contributed by atoms with E-state index in [1.165, 1.54) is 12.1 Å². The molecule has 0 unspecified atom stereocenters. The van der Waals surface area contributed by atoms with E-state index in [1.807, 2.05) is 0 Å². The van der Waals surface area contributed by atoms with Gasteiger partial charge in [-0.15, -0.1) is 0 Å². The predicted molar refractivity (Wildman–Crippen MR) is 66.8 cm³/mol. The van der Waals surface area contributed by atoms with Gasteiger partial charge in [0.15, 0.2) is 6.29 Å². The Hall–Kier alpha value is -2.01. The van der Waals surface area contributed by atoms with Crippen molar-refractivity contribution in [2.24, 2.45) is 0 Å². The molecule has 0 radical (unpaired) electrons. The molecule has 18 heavy (non-hydrogen) atoms. The van der Waals surface area contributed by atoms with Crippen molar-refractivity contribution < 1.29 is 9.18 Å². The quantitative estimate of drug-likeness (QED) is 0.684. The summed E-state index contributed by atoms with van der Waals surface area (Å²) in [6.45, 7) is 1.63. The lowest BCUT2D eigenvalue weighted by molar-refractivity contribution is 0.112. The Balaban J connectivity index is 2.46. The third kappa shape index (κ3) is 2.46. The van der Waals surface area contributed by atoms with Crippen LogP contribution < -0.4 is 5.32 Å². The Morgan fingerprint density at radius 1 is 1.33 bits per heavy atom. The summed E-state index contributed by atoms with van der Waals surface area (Å²) in [5, 5.41) is 2.77. The van der Waals surface area contributed by atoms with Gasteiger partial charge in [0.1, 0.15) is 22.6 Å². The molecule has 0 aliphatic carbocycles. The number of rotatable bonds is 3. The van der Waals surface area contributed by atoms with E-state index < -0.39 is 5.82 Å². The minimum atomic E-state index is -0.443. The van der Waals surface area contributed by atoms with E-state index in [0.29, 0.717) is 12.1 Å². The van der Waals surface area contributed by atoms with Crippen LogP contribution in [0.15, 0.2) is 24.3 Å². The summed E-state index contributed by atoms with van der Waals surface area (Å²) >= 11 is 5.82. The lowest BCUT2D eigenvalue weighted by atomic mass is 10.2. The first-order chi connectivity index (χ1) is 8.61. The summed E-state index contributed by atoms with van der Waals surface area (Å²) in [4.78, 5) is 18.8. The molecule has 0 aliphatic rings. The number of anilines is 2. The van der Waals surface area contributed by atoms with Gasteiger partial charge >= 0.3 is 0 Å². The van der Waals surface area contributed by atoms with Gasteiger partial charge in [-0.25, -0.2) is 14.4 Å². The third-order valence-corrected chi connectivity index (χ3v) is 2.54. The van der Waals surface area contributed by atoms with Gasteiger partial charge in [0.05, 0.1) is 11.3 Å². The Morgan fingerprint density at radius 3 is 2.72 bits per heavy atom. The smallest absolute Gasteiger partial charge is 0.156 e. The number of carbonyl (C=O) groups excluding carboxylic acids is 1. The second-order valence-electron chi connectivity index (χ2n) is 3.55. The Bertz CT molecular complexity index is 604. The first-order valence-corrected chi connectivity index (χ1v) is 5.50. The number of aromatic nitrogens is 2. The van der Waals surface area contributed by atoms with Crippen LogP contribution in [0.2, 0.25) is 5.15 Å². The average Bonchev–Trinajstić information content (AvgIpc) is 2.31. The number of carbonyl (C=O) groups is 1. The molecule has 1 heterocycles. The standard InChI is InChI=1S/C12H9ClFN3O/c1-7-15-11(13)8(6-18)12(16-7)17-10-5-3-2-4-9(10)14/h2-6H,1H3,(H,15,16,17). The van der Waals surface area contributed by atoms with E-state index in [4.69, 9.17) is 11.6 Å². The maximum Gasteiger partial charge on any atom is 0.156 e. The second-order valence-corrected chi connectivity index (χ2v) is 3.90. The SMILES string of the molecule is Cc1nc(Cl)c(C=O)c(Nc2ccccc2F)n1. The zero-order valence-corrected chi connectivity index (χ0v) is 10.2. The van der Waals surface area contributed by atoms with Crippen LogP contribution in [-0.4, -0.2) is 16.3 Å². The molecule has 0 saturated carbocycles. The van der Waals surface area contributed by atoms with Crippen molar-refractivity contribution in [1.82, 2.24) is 9.97 Å². The third-order valence-electron chi connectivity index (χ3n) is 2.26. The Kier molecular flexibility index (Phi) is 3.53. The highest BCUT2D eigenvalue weighted by molar-refractivity contribution is 6.32. The molecule has 1 aromatic heterocycles. The van der Waals surface area contributed by atoms with Crippen molar-refractivity contribution in [3.05, 3.63) is 46.6 Å². The summed E-state index contributed by atoms with van der Waals surface area (Å²) in [7, 11) is 0. The monoisotopic (exact) mass is 265 g/mol. The molecule has 0 atom stereocenters. The molecule has 92 valence electrons. The van der Waals surface area contributed by atoms with Crippen LogP contribution in [-0.2, 0) is 0 Å². The maximum absolute atomic E-state index is 13.5. The van der Waals surface area contributed by atoms with Crippen LogP contribution in [0.1, 0.15) is 16.2 Å². The van der Waals surface area contributed by atoms with Crippen molar-refractivity contribution in [2.45, 2.75) is 6.92 Å². The van der Waals surface area contributed by atoms with Crippen LogP contribution in [0.4, 0.5) is 15.9 Å². The lowest BCUT2D eigenvalue weighted by Crippen LogP contribution is -2.04. The first-order valence-electron chi connectivity index (χ1n) is 5.12. The topological polar surface area (TPSA) is 54.9 Å². The minimum absolute atomic E-state index is 0.0383. The zero-order valence-electron chi connectivity index (χ0n) is 9.45. The van der Waals surface area contributed by atoms with E-state index in [1.54, 1.807) is 19.1 Å². The van der Waals surface area contributed by atoms with Crippen LogP contribution in [0.3, 0.4) is 0 Å². The van der Waals surface area contributed by atoms with Crippen molar-refractivity contribution in [1.29, 1.82) is 0 Å². The zero-order chi connectivity index (χ0) is 13.1. The van der Waals surface area contributed by atoms with E-state index in [-0.39, 0.29) is 22.2 Å². The molecule has 1 N–H and O–H groups in total. The van der Waals surface area contributed by atoms with E-state index in [0.717, 1.165) is 0 Å². The number of halogens is 2. The van der Waals surface area contributed by atoms with Crippen molar-refractivity contribution in [3.63, 3.8) is 0 Å². The lowest BCUT2D eigenvalue weighted by Gasteiger charge is -2.10. The fourth-order valence-electron chi connectivity index (χ4n) is 1.44. The van der Waals surface area contributed by atoms with Gasteiger partial charge < -0.3 is 5.32 Å².